The third-order valence-corrected chi connectivity index (χ3v) is 3.25. The zero-order valence-corrected chi connectivity index (χ0v) is 10.1. The van der Waals surface area contributed by atoms with Crippen molar-refractivity contribution in [2.75, 3.05) is 11.5 Å². The van der Waals surface area contributed by atoms with Gasteiger partial charge in [-0.25, -0.2) is 0 Å². The van der Waals surface area contributed by atoms with Crippen LogP contribution in [0.3, 0.4) is 0 Å². The van der Waals surface area contributed by atoms with Gasteiger partial charge in [0.25, 0.3) is 0 Å². The van der Waals surface area contributed by atoms with E-state index in [1.807, 2.05) is 0 Å². The lowest BCUT2D eigenvalue weighted by Gasteiger charge is -2.23. The second-order valence-electron chi connectivity index (χ2n) is 2.41. The van der Waals surface area contributed by atoms with Gasteiger partial charge in [-0.15, -0.1) is 11.5 Å². The third-order valence-electron chi connectivity index (χ3n) is 1.27. The van der Waals surface area contributed by atoms with Gasteiger partial charge in [-0.05, 0) is 0 Å². The van der Waals surface area contributed by atoms with Gasteiger partial charge in [0.1, 0.15) is 0 Å². The van der Waals surface area contributed by atoms with E-state index in [1.54, 1.807) is 13.8 Å². The van der Waals surface area contributed by atoms with Gasteiger partial charge >= 0.3 is 11.9 Å². The monoisotopic (exact) mass is 240 g/mol. The molecular weight excluding hydrogens is 224 g/mol. The summed E-state index contributed by atoms with van der Waals surface area (Å²) in [6.45, 7) is 3.39. The molecule has 0 aromatic rings. The lowest BCUT2D eigenvalue weighted by atomic mass is 10.5. The predicted octanol–water partition coefficient (Wildman–Crippen LogP) is 1.65. The molecule has 0 aliphatic carbocycles. The average molecular weight is 240 g/mol. The molecule has 0 aliphatic rings. The summed E-state index contributed by atoms with van der Waals surface area (Å²) in [4.78, 5) is 21.9. The Bertz CT molecular complexity index is 178. The van der Waals surface area contributed by atoms with Gasteiger partial charge in [0.2, 0.25) is 0 Å². The summed E-state index contributed by atoms with van der Waals surface area (Å²) in [7, 11) is 0. The summed E-state index contributed by atoms with van der Waals surface area (Å²) in [5, 5.41) is 0. The van der Waals surface area contributed by atoms with E-state index < -0.39 is 11.5 Å². The van der Waals surface area contributed by atoms with Crippen LogP contribution in [0.4, 0.5) is 0 Å². The Balaban J connectivity index is 4.00. The SMILES string of the molecule is CCC(=O)O[SH](CCS)OC(=O)CC. The van der Waals surface area contributed by atoms with Gasteiger partial charge in [-0.3, -0.25) is 9.59 Å². The standard InChI is InChI=1S/C8H16O4S2/c1-3-7(9)11-14(6-5-13)12-8(10)4-2/h13-14H,3-6H2,1-2H3. The summed E-state index contributed by atoms with van der Waals surface area (Å²) in [5.41, 5.74) is 0. The molecule has 0 amide bonds. The Kier molecular flexibility index (Phi) is 7.78. The summed E-state index contributed by atoms with van der Waals surface area (Å²) in [6, 6.07) is 0. The van der Waals surface area contributed by atoms with E-state index in [2.05, 4.69) is 12.6 Å². The first-order valence-electron chi connectivity index (χ1n) is 4.44. The van der Waals surface area contributed by atoms with Crippen LogP contribution in [0.5, 0.6) is 0 Å². The molecule has 0 fully saturated rings. The van der Waals surface area contributed by atoms with Gasteiger partial charge < -0.3 is 8.37 Å². The Morgan fingerprint density at radius 2 is 1.57 bits per heavy atom. The van der Waals surface area contributed by atoms with Gasteiger partial charge in [-0.2, -0.15) is 12.6 Å². The molecule has 0 N–H and O–H groups in total. The summed E-state index contributed by atoms with van der Waals surface area (Å²) >= 11 is 2.57. The van der Waals surface area contributed by atoms with E-state index >= 15 is 0 Å². The van der Waals surface area contributed by atoms with E-state index in [9.17, 15) is 9.59 Å². The Morgan fingerprint density at radius 3 is 1.86 bits per heavy atom. The Hall–Kier alpha value is -0.360. The molecule has 0 saturated carbocycles. The molecule has 0 rings (SSSR count). The molecule has 6 heteroatoms. The van der Waals surface area contributed by atoms with Crippen molar-refractivity contribution in [2.45, 2.75) is 26.7 Å². The third kappa shape index (κ3) is 6.15. The lowest BCUT2D eigenvalue weighted by molar-refractivity contribution is -0.136. The average Bonchev–Trinajstić information content (AvgIpc) is 2.17. The van der Waals surface area contributed by atoms with Crippen LogP contribution in [0.15, 0.2) is 0 Å². The van der Waals surface area contributed by atoms with Gasteiger partial charge in [0.15, 0.2) is 0 Å². The number of carbonyl (C=O) groups excluding carboxylic acids is 2. The molecule has 4 nitrogen and oxygen atoms in total. The van der Waals surface area contributed by atoms with Crippen molar-refractivity contribution in [3.8, 4) is 0 Å². The summed E-state index contributed by atoms with van der Waals surface area (Å²) < 4.78 is 9.89. The summed E-state index contributed by atoms with van der Waals surface area (Å²) in [6.07, 6.45) is 0.574. The van der Waals surface area contributed by atoms with Gasteiger partial charge in [-0.1, -0.05) is 13.8 Å². The Labute approximate surface area is 92.5 Å². The molecule has 0 aliphatic heterocycles. The minimum Gasteiger partial charge on any atom is -0.347 e. The Morgan fingerprint density at radius 1 is 1.14 bits per heavy atom. The molecular formula is C8H16O4S2. The van der Waals surface area contributed by atoms with Crippen molar-refractivity contribution in [1.29, 1.82) is 0 Å². The van der Waals surface area contributed by atoms with Crippen molar-refractivity contribution >= 4 is 36.0 Å². The fraction of sp³-hybridized carbons (Fsp3) is 0.750. The van der Waals surface area contributed by atoms with Crippen LogP contribution >= 0.6 is 24.1 Å². The van der Waals surface area contributed by atoms with Crippen molar-refractivity contribution in [2.24, 2.45) is 0 Å². The van der Waals surface area contributed by atoms with Gasteiger partial charge in [0.05, 0.1) is 5.75 Å². The second kappa shape index (κ2) is 7.99. The first-order chi connectivity index (χ1) is 6.63. The molecule has 0 unspecified atom stereocenters. The van der Waals surface area contributed by atoms with Crippen LogP contribution in [0, 0.1) is 0 Å². The van der Waals surface area contributed by atoms with Crippen molar-refractivity contribution < 1.29 is 18.0 Å². The van der Waals surface area contributed by atoms with Crippen LogP contribution in [0.2, 0.25) is 0 Å². The topological polar surface area (TPSA) is 52.6 Å². The van der Waals surface area contributed by atoms with E-state index in [4.69, 9.17) is 8.37 Å². The highest BCUT2D eigenvalue weighted by Crippen LogP contribution is 2.29. The number of hydrogen-bond donors (Lipinski definition) is 2. The van der Waals surface area contributed by atoms with E-state index in [0.717, 1.165) is 0 Å². The van der Waals surface area contributed by atoms with Crippen LogP contribution in [-0.2, 0) is 18.0 Å². The maximum absolute atomic E-state index is 10.9. The minimum atomic E-state index is -1.43. The number of thiol groups is 2. The highest BCUT2D eigenvalue weighted by molar-refractivity contribution is 8.09. The smallest absolute Gasteiger partial charge is 0.328 e. The van der Waals surface area contributed by atoms with Crippen molar-refractivity contribution in [1.82, 2.24) is 0 Å². The zero-order valence-electron chi connectivity index (χ0n) is 8.36. The normalized spacial score (nSPS) is 10.6. The van der Waals surface area contributed by atoms with Crippen molar-refractivity contribution in [3.63, 3.8) is 0 Å². The molecule has 0 atom stereocenters. The molecule has 0 aromatic heterocycles. The molecule has 0 saturated heterocycles. The molecule has 0 heterocycles. The van der Waals surface area contributed by atoms with Crippen molar-refractivity contribution in [3.05, 3.63) is 0 Å². The fourth-order valence-electron chi connectivity index (χ4n) is 0.548. The number of carbonyl (C=O) groups is 2. The maximum Gasteiger partial charge on any atom is 0.328 e. The molecule has 0 aromatic carbocycles. The summed E-state index contributed by atoms with van der Waals surface area (Å²) in [5.74, 6) is 0.318. The zero-order chi connectivity index (χ0) is 11.0. The van der Waals surface area contributed by atoms with Crippen LogP contribution in [0.1, 0.15) is 26.7 Å². The fourth-order valence-corrected chi connectivity index (χ4v) is 2.13. The maximum atomic E-state index is 10.9. The highest BCUT2D eigenvalue weighted by Gasteiger charge is 2.10. The van der Waals surface area contributed by atoms with Crippen LogP contribution in [0.25, 0.3) is 0 Å². The molecule has 14 heavy (non-hydrogen) atoms. The molecule has 84 valence electrons. The first kappa shape index (κ1) is 13.6. The molecule has 0 spiro atoms. The largest absolute Gasteiger partial charge is 0.347 e. The quantitative estimate of drug-likeness (QED) is 0.693. The van der Waals surface area contributed by atoms with Crippen LogP contribution < -0.4 is 0 Å². The van der Waals surface area contributed by atoms with Gasteiger partial charge in [0, 0.05) is 18.6 Å². The van der Waals surface area contributed by atoms with E-state index in [-0.39, 0.29) is 24.8 Å². The first-order valence-corrected chi connectivity index (χ1v) is 6.43. The lowest BCUT2D eigenvalue weighted by Crippen LogP contribution is -2.10. The second-order valence-corrected chi connectivity index (χ2v) is 4.34. The van der Waals surface area contributed by atoms with Crippen LogP contribution in [-0.4, -0.2) is 23.4 Å². The number of rotatable bonds is 6. The minimum absolute atomic E-state index is 0.287. The number of hydrogen-bond acceptors (Lipinski definition) is 5. The predicted molar refractivity (Wildman–Crippen MR) is 60.5 cm³/mol. The van der Waals surface area contributed by atoms with E-state index in [0.29, 0.717) is 11.5 Å². The highest BCUT2D eigenvalue weighted by atomic mass is 32.2. The van der Waals surface area contributed by atoms with E-state index in [1.165, 1.54) is 0 Å². The molecule has 0 bridgehead atoms. The molecule has 0 radical (unpaired) electrons.